The summed E-state index contributed by atoms with van der Waals surface area (Å²) in [4.78, 5) is 4.74. The Bertz CT molecular complexity index is 559. The van der Waals surface area contributed by atoms with Crippen molar-refractivity contribution >= 4 is 0 Å². The van der Waals surface area contributed by atoms with Gasteiger partial charge in [-0.2, -0.15) is 0 Å². The average Bonchev–Trinajstić information content (AvgIpc) is 2.81. The van der Waals surface area contributed by atoms with Crippen LogP contribution in [0.4, 0.5) is 0 Å². The van der Waals surface area contributed by atoms with E-state index in [1.807, 2.05) is 18.2 Å². The Balaban J connectivity index is 1.97. The van der Waals surface area contributed by atoms with Crippen molar-refractivity contribution in [3.8, 4) is 17.0 Å². The van der Waals surface area contributed by atoms with Gasteiger partial charge in [0.1, 0.15) is 11.6 Å². The highest BCUT2D eigenvalue weighted by molar-refractivity contribution is 5.60. The van der Waals surface area contributed by atoms with Crippen molar-refractivity contribution in [3.63, 3.8) is 0 Å². The Morgan fingerprint density at radius 1 is 1.39 bits per heavy atom. The van der Waals surface area contributed by atoms with E-state index in [4.69, 9.17) is 9.72 Å². The third kappa shape index (κ3) is 2.01. The number of hydrogen-bond acceptors (Lipinski definition) is 2. The van der Waals surface area contributed by atoms with E-state index >= 15 is 0 Å². The quantitative estimate of drug-likeness (QED) is 0.809. The third-order valence-electron chi connectivity index (χ3n) is 3.59. The molecule has 0 N–H and O–H groups in total. The van der Waals surface area contributed by atoms with Gasteiger partial charge >= 0.3 is 0 Å². The number of ether oxygens (including phenoxy) is 1. The number of aryl methyl sites for hydroxylation is 1. The summed E-state index contributed by atoms with van der Waals surface area (Å²) in [6.45, 7) is 3.39. The molecule has 0 bridgehead atoms. The minimum Gasteiger partial charge on any atom is -0.497 e. The molecule has 1 aromatic heterocycles. The van der Waals surface area contributed by atoms with Gasteiger partial charge in [-0.25, -0.2) is 4.98 Å². The molecule has 3 nitrogen and oxygen atoms in total. The lowest BCUT2D eigenvalue weighted by molar-refractivity contribution is 0.394. The van der Waals surface area contributed by atoms with Crippen LogP contribution < -0.4 is 4.74 Å². The molecule has 94 valence electrons. The van der Waals surface area contributed by atoms with Crippen molar-refractivity contribution in [1.82, 2.24) is 9.55 Å². The van der Waals surface area contributed by atoms with E-state index in [1.165, 1.54) is 12.2 Å². The number of nitrogens with zero attached hydrogens (tertiary/aromatic N) is 2. The minimum atomic E-state index is 0.754. The number of imidazole rings is 1. The molecule has 1 aliphatic rings. The highest BCUT2D eigenvalue weighted by Gasteiger charge is 2.17. The Hall–Kier alpha value is -1.77. The zero-order valence-electron chi connectivity index (χ0n) is 10.9. The smallest absolute Gasteiger partial charge is 0.119 e. The lowest BCUT2D eigenvalue weighted by Gasteiger charge is -2.19. The molecule has 1 aliphatic heterocycles. The summed E-state index contributed by atoms with van der Waals surface area (Å²) in [5, 5.41) is 0. The van der Waals surface area contributed by atoms with E-state index in [-0.39, 0.29) is 0 Å². The lowest BCUT2D eigenvalue weighted by Crippen LogP contribution is -2.17. The van der Waals surface area contributed by atoms with Gasteiger partial charge in [-0.15, -0.1) is 0 Å². The maximum Gasteiger partial charge on any atom is 0.119 e. The lowest BCUT2D eigenvalue weighted by atomic mass is 10.0. The van der Waals surface area contributed by atoms with Crippen LogP contribution in [0.15, 0.2) is 30.5 Å². The van der Waals surface area contributed by atoms with Gasteiger partial charge in [-0.1, -0.05) is 19.1 Å². The highest BCUT2D eigenvalue weighted by Crippen LogP contribution is 2.26. The van der Waals surface area contributed by atoms with Crippen LogP contribution >= 0.6 is 0 Å². The van der Waals surface area contributed by atoms with Crippen LogP contribution in [-0.4, -0.2) is 16.7 Å². The Morgan fingerprint density at radius 2 is 2.28 bits per heavy atom. The van der Waals surface area contributed by atoms with Gasteiger partial charge in [-0.05, 0) is 24.5 Å². The molecular formula is C15H18N2O. The van der Waals surface area contributed by atoms with Crippen molar-refractivity contribution in [2.45, 2.75) is 26.3 Å². The van der Waals surface area contributed by atoms with Crippen LogP contribution in [0.3, 0.4) is 0 Å². The van der Waals surface area contributed by atoms with Crippen molar-refractivity contribution in [2.24, 2.45) is 5.92 Å². The van der Waals surface area contributed by atoms with Gasteiger partial charge in [0.05, 0.1) is 12.8 Å². The molecule has 0 radical (unpaired) electrons. The number of hydrogen-bond donors (Lipinski definition) is 0. The van der Waals surface area contributed by atoms with Gasteiger partial charge < -0.3 is 9.30 Å². The van der Waals surface area contributed by atoms with E-state index in [1.54, 1.807) is 7.11 Å². The molecule has 1 unspecified atom stereocenters. The molecule has 3 heteroatoms. The second kappa shape index (κ2) is 4.48. The molecule has 0 saturated carbocycles. The summed E-state index contributed by atoms with van der Waals surface area (Å²) in [5.74, 6) is 2.85. The van der Waals surface area contributed by atoms with Crippen LogP contribution in [-0.2, 0) is 13.0 Å². The first-order valence-corrected chi connectivity index (χ1v) is 6.47. The van der Waals surface area contributed by atoms with Crippen LogP contribution in [0.25, 0.3) is 11.3 Å². The molecule has 0 saturated heterocycles. The summed E-state index contributed by atoms with van der Waals surface area (Å²) < 4.78 is 7.56. The zero-order chi connectivity index (χ0) is 12.5. The second-order valence-corrected chi connectivity index (χ2v) is 5.07. The fraction of sp³-hybridized carbons (Fsp3) is 0.400. The van der Waals surface area contributed by atoms with E-state index in [0.29, 0.717) is 0 Å². The first kappa shape index (κ1) is 11.3. The van der Waals surface area contributed by atoms with E-state index in [9.17, 15) is 0 Å². The first-order chi connectivity index (χ1) is 8.76. The SMILES string of the molecule is COc1cccc(-c2cn3c(n2)CCC(C)C3)c1. The van der Waals surface area contributed by atoms with Crippen LogP contribution in [0, 0.1) is 5.92 Å². The number of rotatable bonds is 2. The molecule has 18 heavy (non-hydrogen) atoms. The molecule has 0 amide bonds. The number of aromatic nitrogens is 2. The molecule has 2 aromatic rings. The van der Waals surface area contributed by atoms with Crippen LogP contribution in [0.5, 0.6) is 5.75 Å². The van der Waals surface area contributed by atoms with Crippen molar-refractivity contribution in [1.29, 1.82) is 0 Å². The molecule has 3 rings (SSSR count). The molecule has 1 aromatic carbocycles. The normalized spacial score (nSPS) is 18.4. The van der Waals surface area contributed by atoms with Gasteiger partial charge in [0.15, 0.2) is 0 Å². The third-order valence-corrected chi connectivity index (χ3v) is 3.59. The van der Waals surface area contributed by atoms with Crippen LogP contribution in [0.2, 0.25) is 0 Å². The second-order valence-electron chi connectivity index (χ2n) is 5.07. The summed E-state index contributed by atoms with van der Waals surface area (Å²) in [6, 6.07) is 8.09. The Labute approximate surface area is 107 Å². The number of fused-ring (bicyclic) bond motifs is 1. The van der Waals surface area contributed by atoms with Crippen molar-refractivity contribution in [3.05, 3.63) is 36.3 Å². The molecule has 0 spiro atoms. The maximum absolute atomic E-state index is 5.26. The summed E-state index contributed by atoms with van der Waals surface area (Å²) in [5.41, 5.74) is 2.18. The highest BCUT2D eigenvalue weighted by atomic mass is 16.5. The number of methoxy groups -OCH3 is 1. The average molecular weight is 242 g/mol. The van der Waals surface area contributed by atoms with Crippen molar-refractivity contribution < 1.29 is 4.74 Å². The molecule has 0 fully saturated rings. The molecule has 0 aliphatic carbocycles. The fourth-order valence-corrected chi connectivity index (χ4v) is 2.54. The maximum atomic E-state index is 5.26. The summed E-state index contributed by atoms with van der Waals surface area (Å²) in [7, 11) is 1.69. The summed E-state index contributed by atoms with van der Waals surface area (Å²) in [6.07, 6.45) is 4.50. The van der Waals surface area contributed by atoms with Gasteiger partial charge in [0.2, 0.25) is 0 Å². The van der Waals surface area contributed by atoms with Crippen molar-refractivity contribution in [2.75, 3.05) is 7.11 Å². The van der Waals surface area contributed by atoms with E-state index in [0.717, 1.165) is 35.9 Å². The Kier molecular flexibility index (Phi) is 2.82. The van der Waals surface area contributed by atoms with Gasteiger partial charge in [0.25, 0.3) is 0 Å². The predicted octanol–water partition coefficient (Wildman–Crippen LogP) is 3.14. The zero-order valence-corrected chi connectivity index (χ0v) is 10.9. The van der Waals surface area contributed by atoms with Crippen LogP contribution in [0.1, 0.15) is 19.2 Å². The van der Waals surface area contributed by atoms with Gasteiger partial charge in [-0.3, -0.25) is 0 Å². The molecule has 1 atom stereocenters. The largest absolute Gasteiger partial charge is 0.497 e. The monoisotopic (exact) mass is 242 g/mol. The number of benzene rings is 1. The summed E-state index contributed by atoms with van der Waals surface area (Å²) >= 11 is 0. The first-order valence-electron chi connectivity index (χ1n) is 6.47. The fourth-order valence-electron chi connectivity index (χ4n) is 2.54. The Morgan fingerprint density at radius 3 is 3.11 bits per heavy atom. The molecule has 2 heterocycles. The molecular weight excluding hydrogens is 224 g/mol. The topological polar surface area (TPSA) is 27.1 Å². The van der Waals surface area contributed by atoms with E-state index in [2.05, 4.69) is 23.8 Å². The standard InChI is InChI=1S/C15H18N2O/c1-11-6-7-15-16-14(10-17(15)9-11)12-4-3-5-13(8-12)18-2/h3-5,8,10-11H,6-7,9H2,1-2H3. The van der Waals surface area contributed by atoms with E-state index < -0.39 is 0 Å². The predicted molar refractivity (Wildman–Crippen MR) is 71.7 cm³/mol. The minimum absolute atomic E-state index is 0.754. The van der Waals surface area contributed by atoms with Gasteiger partial charge in [0, 0.05) is 24.7 Å².